The number of carbonyl (C=O) groups excluding carboxylic acids is 1. The van der Waals surface area contributed by atoms with E-state index in [0.29, 0.717) is 6.61 Å². The van der Waals surface area contributed by atoms with E-state index in [2.05, 4.69) is 43.7 Å². The van der Waals surface area contributed by atoms with Crippen molar-refractivity contribution >= 4 is 28.6 Å². The Morgan fingerprint density at radius 1 is 1.17 bits per heavy atom. The molecule has 0 aromatic carbocycles. The van der Waals surface area contributed by atoms with Crippen molar-refractivity contribution < 1.29 is 9.53 Å². The van der Waals surface area contributed by atoms with E-state index < -0.39 is 5.41 Å². The quantitative estimate of drug-likeness (QED) is 0.612. The van der Waals surface area contributed by atoms with Gasteiger partial charge in [0.15, 0.2) is 0 Å². The molecule has 0 fully saturated rings. The molecule has 1 aliphatic carbocycles. The van der Waals surface area contributed by atoms with Gasteiger partial charge in [-0.25, -0.2) is 0 Å². The maximum Gasteiger partial charge on any atom is 0.311 e. The predicted octanol–water partition coefficient (Wildman–Crippen LogP) is 5.86. The fraction of sp³-hybridized carbons (Fsp3) is 0.526. The zero-order valence-electron chi connectivity index (χ0n) is 14.3. The monoisotopic (exact) mass is 348 g/mol. The van der Waals surface area contributed by atoms with Crippen molar-refractivity contribution in [3.8, 4) is 9.75 Å². The second-order valence-electron chi connectivity index (χ2n) is 6.87. The summed E-state index contributed by atoms with van der Waals surface area (Å²) in [5.41, 5.74) is 2.23. The highest BCUT2D eigenvalue weighted by molar-refractivity contribution is 7.21. The van der Waals surface area contributed by atoms with Crippen molar-refractivity contribution in [2.75, 3.05) is 6.61 Å². The van der Waals surface area contributed by atoms with Crippen LogP contribution in [-0.4, -0.2) is 12.6 Å². The molecular formula is C19H24O2S2. The first-order valence-electron chi connectivity index (χ1n) is 8.30. The van der Waals surface area contributed by atoms with Gasteiger partial charge in [0.2, 0.25) is 0 Å². The average Bonchev–Trinajstić information content (AvgIpc) is 3.18. The second kappa shape index (κ2) is 6.06. The van der Waals surface area contributed by atoms with Gasteiger partial charge in [0.1, 0.15) is 0 Å². The van der Waals surface area contributed by atoms with Crippen molar-refractivity contribution in [1.29, 1.82) is 0 Å². The third kappa shape index (κ3) is 2.56. The van der Waals surface area contributed by atoms with E-state index >= 15 is 0 Å². The number of carbonyl (C=O) groups is 1. The van der Waals surface area contributed by atoms with Crippen LogP contribution in [0.5, 0.6) is 0 Å². The van der Waals surface area contributed by atoms with E-state index in [4.69, 9.17) is 4.74 Å². The fourth-order valence-corrected chi connectivity index (χ4v) is 6.32. The Bertz CT molecular complexity index is 672. The third-order valence-electron chi connectivity index (χ3n) is 5.04. The summed E-state index contributed by atoms with van der Waals surface area (Å²) in [5.74, 6) is -0.0523. The fourth-order valence-electron chi connectivity index (χ4n) is 4.07. The molecule has 2 aromatic rings. The molecule has 0 aliphatic heterocycles. The largest absolute Gasteiger partial charge is 0.466 e. The van der Waals surface area contributed by atoms with Gasteiger partial charge in [-0.05, 0) is 60.7 Å². The number of esters is 1. The van der Waals surface area contributed by atoms with E-state index in [-0.39, 0.29) is 11.4 Å². The molecule has 3 rings (SSSR count). The molecule has 124 valence electrons. The van der Waals surface area contributed by atoms with Crippen LogP contribution in [0.15, 0.2) is 22.9 Å². The van der Waals surface area contributed by atoms with Crippen molar-refractivity contribution in [2.45, 2.75) is 52.4 Å². The zero-order valence-corrected chi connectivity index (χ0v) is 15.9. The Hall–Kier alpha value is -1.13. The minimum atomic E-state index is -0.442. The molecule has 1 aliphatic rings. The maximum absolute atomic E-state index is 12.7. The molecular weight excluding hydrogens is 324 g/mol. The van der Waals surface area contributed by atoms with Crippen LogP contribution < -0.4 is 0 Å². The van der Waals surface area contributed by atoms with Gasteiger partial charge in [0.05, 0.1) is 12.0 Å². The molecule has 0 saturated carbocycles. The van der Waals surface area contributed by atoms with Crippen LogP contribution in [0.2, 0.25) is 0 Å². The summed E-state index contributed by atoms with van der Waals surface area (Å²) >= 11 is 3.63. The molecule has 0 spiro atoms. The Morgan fingerprint density at radius 2 is 1.74 bits per heavy atom. The highest BCUT2D eigenvalue weighted by atomic mass is 32.1. The first-order valence-corrected chi connectivity index (χ1v) is 10.1. The number of ether oxygens (including phenoxy) is 1. The molecule has 2 aromatic heterocycles. The minimum Gasteiger partial charge on any atom is -0.466 e. The van der Waals surface area contributed by atoms with Gasteiger partial charge in [-0.2, -0.15) is 0 Å². The number of rotatable bonds is 6. The zero-order chi connectivity index (χ0) is 16.7. The average molecular weight is 349 g/mol. The summed E-state index contributed by atoms with van der Waals surface area (Å²) in [7, 11) is 0. The lowest BCUT2D eigenvalue weighted by atomic mass is 9.67. The van der Waals surface area contributed by atoms with Gasteiger partial charge in [-0.15, -0.1) is 22.7 Å². The number of hydrogen-bond donors (Lipinski definition) is 0. The van der Waals surface area contributed by atoms with E-state index in [9.17, 15) is 4.79 Å². The highest BCUT2D eigenvalue weighted by Crippen LogP contribution is 2.57. The summed E-state index contributed by atoms with van der Waals surface area (Å²) in [5, 5.41) is 4.35. The van der Waals surface area contributed by atoms with Crippen LogP contribution in [0.25, 0.3) is 9.75 Å². The maximum atomic E-state index is 12.7. The number of fused-ring (bicyclic) bond motifs is 3. The van der Waals surface area contributed by atoms with Crippen LogP contribution in [0.4, 0.5) is 0 Å². The van der Waals surface area contributed by atoms with Gasteiger partial charge < -0.3 is 4.74 Å². The smallest absolute Gasteiger partial charge is 0.311 e. The minimum absolute atomic E-state index is 0.0523. The molecule has 1 atom stereocenters. The molecule has 0 N–H and O–H groups in total. The number of hydrogen-bond acceptors (Lipinski definition) is 4. The molecule has 0 saturated heterocycles. The highest BCUT2D eigenvalue weighted by Gasteiger charge is 2.48. The molecule has 2 nitrogen and oxygen atoms in total. The van der Waals surface area contributed by atoms with Crippen LogP contribution in [-0.2, 0) is 14.9 Å². The van der Waals surface area contributed by atoms with E-state index in [1.165, 1.54) is 20.9 Å². The Labute approximate surface area is 146 Å². The SMILES string of the molecule is CCC[C@](C)(CC1(C)c2ccsc2-c2sccc21)C(=O)OCC. The van der Waals surface area contributed by atoms with E-state index in [0.717, 1.165) is 19.3 Å². The standard InChI is InChI=1S/C19H24O2S2/c1-5-9-18(3,17(20)21-6-2)12-19(4)13-7-10-22-15(13)16-14(19)8-11-23-16/h7-8,10-11H,5-6,9,12H2,1-4H3/t18-/m1/s1. The lowest BCUT2D eigenvalue weighted by molar-refractivity contribution is -0.156. The second-order valence-corrected chi connectivity index (χ2v) is 8.70. The van der Waals surface area contributed by atoms with Crippen molar-refractivity contribution in [1.82, 2.24) is 0 Å². The lowest BCUT2D eigenvalue weighted by Gasteiger charge is -2.36. The van der Waals surface area contributed by atoms with Gasteiger partial charge in [-0.3, -0.25) is 4.79 Å². The molecule has 0 unspecified atom stereocenters. The first kappa shape index (κ1) is 16.7. The lowest BCUT2D eigenvalue weighted by Crippen LogP contribution is -2.37. The van der Waals surface area contributed by atoms with E-state index in [1.54, 1.807) is 0 Å². The van der Waals surface area contributed by atoms with Crippen molar-refractivity contribution in [3.63, 3.8) is 0 Å². The van der Waals surface area contributed by atoms with Crippen molar-refractivity contribution in [3.05, 3.63) is 34.0 Å². The molecule has 2 heterocycles. The molecule has 0 bridgehead atoms. The molecule has 0 amide bonds. The van der Waals surface area contributed by atoms with Gasteiger partial charge >= 0.3 is 5.97 Å². The topological polar surface area (TPSA) is 26.3 Å². The van der Waals surface area contributed by atoms with Crippen molar-refractivity contribution in [2.24, 2.45) is 5.41 Å². The van der Waals surface area contributed by atoms with E-state index in [1.807, 2.05) is 29.6 Å². The van der Waals surface area contributed by atoms with Gasteiger partial charge in [0, 0.05) is 15.2 Å². The Balaban J connectivity index is 2.02. The van der Waals surface area contributed by atoms with Crippen LogP contribution in [0, 0.1) is 5.41 Å². The molecule has 23 heavy (non-hydrogen) atoms. The summed E-state index contributed by atoms with van der Waals surface area (Å²) in [4.78, 5) is 15.4. The summed E-state index contributed by atoms with van der Waals surface area (Å²) in [6.45, 7) is 8.85. The van der Waals surface area contributed by atoms with Gasteiger partial charge in [-0.1, -0.05) is 20.3 Å². The summed E-state index contributed by atoms with van der Waals surface area (Å²) in [6.07, 6.45) is 2.65. The summed E-state index contributed by atoms with van der Waals surface area (Å²) in [6, 6.07) is 4.48. The van der Waals surface area contributed by atoms with Crippen LogP contribution in [0.1, 0.15) is 58.1 Å². The Morgan fingerprint density at radius 3 is 2.22 bits per heavy atom. The molecule has 4 heteroatoms. The van der Waals surface area contributed by atoms with Crippen LogP contribution >= 0.6 is 22.7 Å². The normalized spacial score (nSPS) is 17.4. The molecule has 0 radical (unpaired) electrons. The summed E-state index contributed by atoms with van der Waals surface area (Å²) < 4.78 is 5.42. The first-order chi connectivity index (χ1) is 11.0. The predicted molar refractivity (Wildman–Crippen MR) is 98.4 cm³/mol. The number of thiophene rings is 2. The van der Waals surface area contributed by atoms with Crippen LogP contribution in [0.3, 0.4) is 0 Å². The third-order valence-corrected chi connectivity index (χ3v) is 7.03. The van der Waals surface area contributed by atoms with Gasteiger partial charge in [0.25, 0.3) is 0 Å². The Kier molecular flexibility index (Phi) is 4.41.